The smallest absolute Gasteiger partial charge is 0.331 e. The van der Waals surface area contributed by atoms with Gasteiger partial charge in [-0.05, 0) is 55.8 Å². The summed E-state index contributed by atoms with van der Waals surface area (Å²) in [6.07, 6.45) is -22.3. The van der Waals surface area contributed by atoms with Crippen LogP contribution in [0.1, 0.15) is 19.4 Å². The molecule has 0 radical (unpaired) electrons. The van der Waals surface area contributed by atoms with Crippen LogP contribution in [0.5, 0.6) is 34.5 Å². The maximum atomic E-state index is 14.5. The normalized spacial score (nSPS) is 32.9. The fourth-order valence-electron chi connectivity index (χ4n) is 7.35. The number of benzene rings is 3. The van der Waals surface area contributed by atoms with Crippen molar-refractivity contribution in [3.8, 4) is 45.8 Å². The third-order valence-corrected chi connectivity index (χ3v) is 11.1. The van der Waals surface area contributed by atoms with Gasteiger partial charge in [0.15, 0.2) is 29.7 Å². The minimum atomic E-state index is -2.13. The molecule has 11 N–H and O–H groups in total. The molecular formula is C43H48O22. The second-order valence-electron chi connectivity index (χ2n) is 15.6. The molecule has 22 nitrogen and oxygen atoms in total. The average Bonchev–Trinajstić information content (AvgIpc) is 3.28. The number of phenolic OH excluding ortho intramolecular Hbond substituents is 3. The number of aliphatic hydroxyl groups excluding tert-OH is 8. The molecule has 3 aliphatic heterocycles. The first-order valence-electron chi connectivity index (χ1n) is 20.1. The standard InChI is InChI=1S/C43H48O22/c1-16-29(48)32(51)35(54)41(59-16)58-15-26-39(64-27(47)11-6-18-4-8-20(44)9-5-18)34(53)37(56)43(63-26)65-40-31(50)28-23(46)13-21(61-42-36(55)33(52)30(49)17(2)60-42)14-25(28)62-38(40)19-7-10-22(45)24(12-19)57-3/h4-14,16-17,26,29-30,32-37,39,41-46,48-49,51-56H,15H2,1-3H3/b11-6+/t16?,17?,26?,29-,30-,32-,33-,34?,35?,36?,37?,39-,41+,42-,43-/m0/s1. The summed E-state index contributed by atoms with van der Waals surface area (Å²) >= 11 is 0. The molecule has 7 unspecified atom stereocenters. The Balaban J connectivity index is 1.24. The van der Waals surface area contributed by atoms with Crippen LogP contribution in [0.15, 0.2) is 69.9 Å². The van der Waals surface area contributed by atoms with Crippen LogP contribution in [0.4, 0.5) is 0 Å². The molecule has 65 heavy (non-hydrogen) atoms. The number of hydrogen-bond donors (Lipinski definition) is 11. The van der Waals surface area contributed by atoms with Crippen molar-refractivity contribution >= 4 is 23.0 Å². The fourth-order valence-corrected chi connectivity index (χ4v) is 7.35. The van der Waals surface area contributed by atoms with E-state index in [0.717, 1.165) is 18.2 Å². The number of esters is 1. The van der Waals surface area contributed by atoms with E-state index in [1.165, 1.54) is 69.5 Å². The fraction of sp³-hybridized carbons (Fsp3) is 0.442. The van der Waals surface area contributed by atoms with Gasteiger partial charge in [-0.1, -0.05) is 12.1 Å². The maximum Gasteiger partial charge on any atom is 0.331 e. The van der Waals surface area contributed by atoms with E-state index in [1.54, 1.807) is 0 Å². The molecule has 3 saturated heterocycles. The number of carbonyl (C=O) groups is 1. The van der Waals surface area contributed by atoms with E-state index in [-0.39, 0.29) is 34.1 Å². The first-order chi connectivity index (χ1) is 30.9. The van der Waals surface area contributed by atoms with Gasteiger partial charge in [0.05, 0.1) is 25.9 Å². The van der Waals surface area contributed by atoms with Gasteiger partial charge in [0.2, 0.25) is 23.8 Å². The molecule has 352 valence electrons. The monoisotopic (exact) mass is 916 g/mol. The Bertz CT molecular complexity index is 2400. The molecule has 7 rings (SSSR count). The third kappa shape index (κ3) is 9.84. The van der Waals surface area contributed by atoms with Crippen molar-refractivity contribution in [2.24, 2.45) is 0 Å². The number of phenols is 3. The minimum absolute atomic E-state index is 0.00712. The molecule has 0 amide bonds. The Morgan fingerprint density at radius 2 is 1.31 bits per heavy atom. The number of carbonyl (C=O) groups excluding carboxylic acids is 1. The number of fused-ring (bicyclic) bond motifs is 1. The summed E-state index contributed by atoms with van der Waals surface area (Å²) in [5.74, 6) is -3.66. The van der Waals surface area contributed by atoms with Gasteiger partial charge in [-0.25, -0.2) is 4.79 Å². The Labute approximate surface area is 367 Å². The highest BCUT2D eigenvalue weighted by atomic mass is 16.7. The minimum Gasteiger partial charge on any atom is -0.508 e. The van der Waals surface area contributed by atoms with Crippen LogP contribution < -0.4 is 19.6 Å². The van der Waals surface area contributed by atoms with E-state index in [9.17, 15) is 65.8 Å². The lowest BCUT2D eigenvalue weighted by Gasteiger charge is -2.43. The molecule has 0 bridgehead atoms. The lowest BCUT2D eigenvalue weighted by Crippen LogP contribution is -2.62. The van der Waals surface area contributed by atoms with Crippen LogP contribution in [-0.4, -0.2) is 168 Å². The highest BCUT2D eigenvalue weighted by Gasteiger charge is 2.50. The van der Waals surface area contributed by atoms with Crippen molar-refractivity contribution in [1.29, 1.82) is 0 Å². The summed E-state index contributed by atoms with van der Waals surface area (Å²) in [5, 5.41) is 116. The Kier molecular flexibility index (Phi) is 14.2. The van der Waals surface area contributed by atoms with Crippen molar-refractivity contribution in [3.05, 3.63) is 76.5 Å². The molecule has 3 aromatic carbocycles. The van der Waals surface area contributed by atoms with Crippen LogP contribution in [0.2, 0.25) is 0 Å². The molecule has 3 aliphatic rings. The highest BCUT2D eigenvalue weighted by Crippen LogP contribution is 2.41. The number of rotatable bonds is 12. The van der Waals surface area contributed by atoms with Gasteiger partial charge >= 0.3 is 5.97 Å². The molecule has 4 aromatic rings. The molecule has 0 saturated carbocycles. The Morgan fingerprint density at radius 3 is 1.97 bits per heavy atom. The van der Waals surface area contributed by atoms with Crippen molar-refractivity contribution < 1.29 is 103 Å². The maximum absolute atomic E-state index is 14.5. The number of hydrogen-bond acceptors (Lipinski definition) is 22. The predicted octanol–water partition coefficient (Wildman–Crippen LogP) is -0.913. The topological polar surface area (TPSA) is 344 Å². The number of methoxy groups -OCH3 is 1. The zero-order chi connectivity index (χ0) is 47.0. The highest BCUT2D eigenvalue weighted by molar-refractivity contribution is 5.89. The molecule has 15 atom stereocenters. The summed E-state index contributed by atoms with van der Waals surface area (Å²) in [5.41, 5.74) is -0.961. The second-order valence-corrected chi connectivity index (χ2v) is 15.6. The van der Waals surface area contributed by atoms with Crippen LogP contribution in [0, 0.1) is 0 Å². The van der Waals surface area contributed by atoms with E-state index < -0.39 is 133 Å². The van der Waals surface area contributed by atoms with Crippen molar-refractivity contribution in [2.75, 3.05) is 13.7 Å². The van der Waals surface area contributed by atoms with E-state index in [0.29, 0.717) is 5.56 Å². The summed E-state index contributed by atoms with van der Waals surface area (Å²) < 4.78 is 51.3. The first kappa shape index (κ1) is 47.4. The van der Waals surface area contributed by atoms with E-state index in [1.807, 2.05) is 0 Å². The van der Waals surface area contributed by atoms with E-state index in [2.05, 4.69) is 0 Å². The third-order valence-electron chi connectivity index (χ3n) is 11.1. The lowest BCUT2D eigenvalue weighted by molar-refractivity contribution is -0.319. The van der Waals surface area contributed by atoms with Gasteiger partial charge in [-0.2, -0.15) is 0 Å². The van der Waals surface area contributed by atoms with Crippen LogP contribution in [0.25, 0.3) is 28.4 Å². The second kappa shape index (κ2) is 19.5. The summed E-state index contributed by atoms with van der Waals surface area (Å²) in [4.78, 5) is 27.6. The van der Waals surface area contributed by atoms with Gasteiger partial charge in [0, 0.05) is 23.8 Å². The van der Waals surface area contributed by atoms with Crippen LogP contribution >= 0.6 is 0 Å². The summed E-state index contributed by atoms with van der Waals surface area (Å²) in [7, 11) is 1.25. The van der Waals surface area contributed by atoms with Crippen molar-refractivity contribution in [1.82, 2.24) is 0 Å². The predicted molar refractivity (Wildman–Crippen MR) is 217 cm³/mol. The molecule has 4 heterocycles. The molecule has 22 heteroatoms. The van der Waals surface area contributed by atoms with Gasteiger partial charge in [-0.15, -0.1) is 0 Å². The quantitative estimate of drug-likeness (QED) is 0.0605. The molecule has 3 fully saturated rings. The summed E-state index contributed by atoms with van der Waals surface area (Å²) in [6.45, 7) is 2.11. The molecule has 0 aliphatic carbocycles. The van der Waals surface area contributed by atoms with Crippen molar-refractivity contribution in [3.63, 3.8) is 0 Å². The average molecular weight is 917 g/mol. The largest absolute Gasteiger partial charge is 0.508 e. The van der Waals surface area contributed by atoms with E-state index in [4.69, 9.17) is 42.3 Å². The van der Waals surface area contributed by atoms with Gasteiger partial charge in [0.1, 0.15) is 83.2 Å². The van der Waals surface area contributed by atoms with Gasteiger partial charge in [-0.3, -0.25) is 4.79 Å². The lowest BCUT2D eigenvalue weighted by atomic mass is 9.98. The number of ether oxygens (including phenoxy) is 8. The van der Waals surface area contributed by atoms with Gasteiger partial charge < -0.3 is 98.5 Å². The van der Waals surface area contributed by atoms with Crippen LogP contribution in [0.3, 0.4) is 0 Å². The Hall–Kier alpha value is -5.60. The first-order valence-corrected chi connectivity index (χ1v) is 20.1. The zero-order valence-corrected chi connectivity index (χ0v) is 34.6. The molecule has 1 aromatic heterocycles. The molecule has 0 spiro atoms. The van der Waals surface area contributed by atoms with Gasteiger partial charge in [0.25, 0.3) is 0 Å². The van der Waals surface area contributed by atoms with Crippen molar-refractivity contribution in [2.45, 2.75) is 106 Å². The zero-order valence-electron chi connectivity index (χ0n) is 34.6. The molecular weight excluding hydrogens is 868 g/mol. The number of aliphatic hydroxyl groups is 8. The SMILES string of the molecule is COc1cc(-c2oc3cc(O[C@@H]4OC(C)[C@H](O)[C@H](O)C4O)cc(O)c3c(=O)c2O[C@@H]2OC(CO[C@@H]3OC(C)[C@H](O)[C@H](O)C3O)[C@H](OC(=O)/C=C/c3ccc(O)cc3)C(O)C2O)ccc1O. The van der Waals surface area contributed by atoms with E-state index >= 15 is 0 Å². The van der Waals surface area contributed by atoms with Crippen LogP contribution in [-0.2, 0) is 28.5 Å². The Morgan fingerprint density at radius 1 is 0.692 bits per heavy atom. The summed E-state index contributed by atoms with van der Waals surface area (Å²) in [6, 6.07) is 11.6. The number of aromatic hydroxyl groups is 3.